The molecule has 1 saturated heterocycles. The summed E-state index contributed by atoms with van der Waals surface area (Å²) in [6.07, 6.45) is 3.22. The molecule has 2 rings (SSSR count). The van der Waals surface area contributed by atoms with Crippen LogP contribution in [-0.2, 0) is 10.3 Å². The summed E-state index contributed by atoms with van der Waals surface area (Å²) >= 11 is 0. The van der Waals surface area contributed by atoms with Gasteiger partial charge < -0.3 is 24.5 Å². The minimum atomic E-state index is -1.01. The Morgan fingerprint density at radius 1 is 1.38 bits per heavy atom. The Morgan fingerprint density at radius 2 is 2.04 bits per heavy atom. The molecule has 0 saturated carbocycles. The van der Waals surface area contributed by atoms with Crippen LogP contribution in [0.3, 0.4) is 0 Å². The number of hydrogen-bond donors (Lipinski definition) is 2. The summed E-state index contributed by atoms with van der Waals surface area (Å²) in [5.41, 5.74) is -1.46. The van der Waals surface area contributed by atoms with Gasteiger partial charge in [-0.3, -0.25) is 0 Å². The number of likely N-dealkylation sites (tertiary alicyclic amines) is 1. The predicted molar refractivity (Wildman–Crippen MR) is 91.7 cm³/mol. The largest absolute Gasteiger partial charge is 0.466 e. The minimum absolute atomic E-state index is 0.227. The van der Waals surface area contributed by atoms with Crippen molar-refractivity contribution >= 4 is 6.09 Å². The van der Waals surface area contributed by atoms with E-state index in [2.05, 4.69) is 5.32 Å². The lowest BCUT2D eigenvalue weighted by Crippen LogP contribution is -2.44. The standard InChI is InChI=1S/C18H30N2O4/c1-17(2,3)24-16(21)20-9-7-14(8-10-20)12-19-13-18(4,22)15-6-5-11-23-15/h5-6,11,14,19,22H,7-10,12-13H2,1-4H3. The van der Waals surface area contributed by atoms with Crippen LogP contribution < -0.4 is 5.32 Å². The zero-order chi connectivity index (χ0) is 17.8. The summed E-state index contributed by atoms with van der Waals surface area (Å²) in [4.78, 5) is 13.8. The molecule has 1 unspecified atom stereocenters. The number of furan rings is 1. The molecular formula is C18H30N2O4. The number of carbonyl (C=O) groups is 1. The highest BCUT2D eigenvalue weighted by Gasteiger charge is 2.28. The number of ether oxygens (including phenoxy) is 1. The number of rotatable bonds is 5. The van der Waals surface area contributed by atoms with Crippen LogP contribution in [0.2, 0.25) is 0 Å². The van der Waals surface area contributed by atoms with Crippen molar-refractivity contribution in [3.05, 3.63) is 24.2 Å². The van der Waals surface area contributed by atoms with E-state index in [1.54, 1.807) is 30.2 Å². The van der Waals surface area contributed by atoms with E-state index in [0.717, 1.165) is 32.5 Å². The molecule has 6 nitrogen and oxygen atoms in total. The van der Waals surface area contributed by atoms with Crippen molar-refractivity contribution < 1.29 is 19.1 Å². The Kier molecular flexibility index (Phi) is 5.93. The van der Waals surface area contributed by atoms with Gasteiger partial charge in [0.05, 0.1) is 6.26 Å². The fraction of sp³-hybridized carbons (Fsp3) is 0.722. The zero-order valence-corrected chi connectivity index (χ0v) is 15.2. The first-order chi connectivity index (χ1) is 11.2. The molecule has 1 amide bonds. The molecule has 1 fully saturated rings. The number of aliphatic hydroxyl groups is 1. The first-order valence-corrected chi connectivity index (χ1v) is 8.62. The molecule has 136 valence electrons. The van der Waals surface area contributed by atoms with Gasteiger partial charge in [0.25, 0.3) is 0 Å². The van der Waals surface area contributed by atoms with Gasteiger partial charge in [-0.05, 0) is 65.1 Å². The maximum Gasteiger partial charge on any atom is 0.410 e. The zero-order valence-electron chi connectivity index (χ0n) is 15.2. The van der Waals surface area contributed by atoms with Crippen LogP contribution in [0.1, 0.15) is 46.3 Å². The summed E-state index contributed by atoms with van der Waals surface area (Å²) in [5, 5.41) is 13.7. The van der Waals surface area contributed by atoms with Crippen LogP contribution in [0.4, 0.5) is 4.79 Å². The van der Waals surface area contributed by atoms with Crippen LogP contribution in [-0.4, -0.2) is 47.9 Å². The molecule has 1 aliphatic rings. The molecule has 1 aromatic heterocycles. The molecule has 0 radical (unpaired) electrons. The maximum absolute atomic E-state index is 12.0. The van der Waals surface area contributed by atoms with E-state index in [0.29, 0.717) is 18.2 Å². The second kappa shape index (κ2) is 7.57. The highest BCUT2D eigenvalue weighted by molar-refractivity contribution is 5.68. The maximum atomic E-state index is 12.0. The number of hydrogen-bond acceptors (Lipinski definition) is 5. The summed E-state index contributed by atoms with van der Waals surface area (Å²) in [7, 11) is 0. The van der Waals surface area contributed by atoms with Crippen LogP contribution in [0.15, 0.2) is 22.8 Å². The second-order valence-electron chi connectivity index (χ2n) is 7.79. The summed E-state index contributed by atoms with van der Waals surface area (Å²) < 4.78 is 10.7. The molecule has 6 heteroatoms. The molecule has 0 aromatic carbocycles. The van der Waals surface area contributed by atoms with Gasteiger partial charge in [0.2, 0.25) is 0 Å². The minimum Gasteiger partial charge on any atom is -0.466 e. The molecule has 24 heavy (non-hydrogen) atoms. The van der Waals surface area contributed by atoms with Crippen molar-refractivity contribution in [3.8, 4) is 0 Å². The molecule has 0 bridgehead atoms. The van der Waals surface area contributed by atoms with Crippen LogP contribution in [0.5, 0.6) is 0 Å². The van der Waals surface area contributed by atoms with E-state index < -0.39 is 11.2 Å². The normalized spacial score (nSPS) is 19.1. The fourth-order valence-electron chi connectivity index (χ4n) is 2.84. The lowest BCUT2D eigenvalue weighted by Gasteiger charge is -2.34. The Morgan fingerprint density at radius 3 is 2.58 bits per heavy atom. The third-order valence-electron chi connectivity index (χ3n) is 4.22. The molecular weight excluding hydrogens is 308 g/mol. The number of nitrogens with zero attached hydrogens (tertiary/aromatic N) is 1. The quantitative estimate of drug-likeness (QED) is 0.863. The van der Waals surface area contributed by atoms with Gasteiger partial charge in [0.1, 0.15) is 17.0 Å². The topological polar surface area (TPSA) is 74.9 Å². The Hall–Kier alpha value is -1.53. The van der Waals surface area contributed by atoms with Gasteiger partial charge in [0.15, 0.2) is 0 Å². The van der Waals surface area contributed by atoms with Crippen LogP contribution in [0.25, 0.3) is 0 Å². The average Bonchev–Trinajstić information content (AvgIpc) is 3.01. The third kappa shape index (κ3) is 5.53. The Balaban J connectivity index is 1.69. The van der Waals surface area contributed by atoms with E-state index >= 15 is 0 Å². The Bertz CT molecular complexity index is 512. The van der Waals surface area contributed by atoms with Gasteiger partial charge in [-0.2, -0.15) is 0 Å². The summed E-state index contributed by atoms with van der Waals surface area (Å²) in [6, 6.07) is 3.55. The van der Waals surface area contributed by atoms with E-state index in [4.69, 9.17) is 9.15 Å². The predicted octanol–water partition coefficient (Wildman–Crippen LogP) is 2.72. The van der Waals surface area contributed by atoms with Crippen molar-refractivity contribution in [2.45, 2.75) is 51.7 Å². The third-order valence-corrected chi connectivity index (χ3v) is 4.22. The molecule has 0 spiro atoms. The highest BCUT2D eigenvalue weighted by Crippen LogP contribution is 2.22. The van der Waals surface area contributed by atoms with E-state index in [-0.39, 0.29) is 6.09 Å². The molecule has 1 aliphatic heterocycles. The van der Waals surface area contributed by atoms with E-state index in [1.165, 1.54) is 0 Å². The van der Waals surface area contributed by atoms with Gasteiger partial charge in [-0.25, -0.2) is 4.79 Å². The summed E-state index contributed by atoms with van der Waals surface area (Å²) in [6.45, 7) is 10.1. The molecule has 1 aromatic rings. The molecule has 2 heterocycles. The number of amides is 1. The summed E-state index contributed by atoms with van der Waals surface area (Å²) in [5.74, 6) is 1.06. The second-order valence-corrected chi connectivity index (χ2v) is 7.79. The van der Waals surface area contributed by atoms with Crippen molar-refractivity contribution in [2.75, 3.05) is 26.2 Å². The highest BCUT2D eigenvalue weighted by atomic mass is 16.6. The van der Waals surface area contributed by atoms with Crippen LogP contribution >= 0.6 is 0 Å². The van der Waals surface area contributed by atoms with E-state index in [9.17, 15) is 9.90 Å². The van der Waals surface area contributed by atoms with Gasteiger partial charge in [0, 0.05) is 19.6 Å². The SMILES string of the molecule is CC(C)(C)OC(=O)N1CCC(CNCC(C)(O)c2ccco2)CC1. The number of nitrogens with one attached hydrogen (secondary N) is 1. The van der Waals surface area contributed by atoms with Gasteiger partial charge in [-0.1, -0.05) is 0 Å². The fourth-order valence-corrected chi connectivity index (χ4v) is 2.84. The lowest BCUT2D eigenvalue weighted by atomic mass is 9.96. The van der Waals surface area contributed by atoms with E-state index in [1.807, 2.05) is 20.8 Å². The Labute approximate surface area is 144 Å². The molecule has 0 aliphatic carbocycles. The lowest BCUT2D eigenvalue weighted by molar-refractivity contribution is 0.0173. The molecule has 2 N–H and O–H groups in total. The van der Waals surface area contributed by atoms with Crippen LogP contribution in [0, 0.1) is 5.92 Å². The van der Waals surface area contributed by atoms with Crippen molar-refractivity contribution in [2.24, 2.45) is 5.92 Å². The molecule has 1 atom stereocenters. The van der Waals surface area contributed by atoms with Crippen molar-refractivity contribution in [3.63, 3.8) is 0 Å². The number of carbonyl (C=O) groups excluding carboxylic acids is 1. The first kappa shape index (κ1) is 18.8. The van der Waals surface area contributed by atoms with Gasteiger partial charge >= 0.3 is 6.09 Å². The van der Waals surface area contributed by atoms with Crippen molar-refractivity contribution in [1.82, 2.24) is 10.2 Å². The van der Waals surface area contributed by atoms with Gasteiger partial charge in [-0.15, -0.1) is 0 Å². The van der Waals surface area contributed by atoms with Crippen molar-refractivity contribution in [1.29, 1.82) is 0 Å². The smallest absolute Gasteiger partial charge is 0.410 e. The number of piperidine rings is 1. The average molecular weight is 338 g/mol. The first-order valence-electron chi connectivity index (χ1n) is 8.62. The monoisotopic (exact) mass is 338 g/mol.